The van der Waals surface area contributed by atoms with Crippen LogP contribution in [-0.4, -0.2) is 12.8 Å². The number of rotatable bonds is 4. The molecule has 0 N–H and O–H groups in total. The van der Waals surface area contributed by atoms with Gasteiger partial charge in [-0.3, -0.25) is 4.99 Å². The van der Waals surface area contributed by atoms with Crippen molar-refractivity contribution in [3.8, 4) is 0 Å². The molecule has 0 aliphatic carbocycles. The Morgan fingerprint density at radius 1 is 1.38 bits per heavy atom. The third-order valence-corrected chi connectivity index (χ3v) is 1.07. The van der Waals surface area contributed by atoms with Gasteiger partial charge in [-0.25, -0.2) is 0 Å². The molecule has 0 aliphatic heterocycles. The summed E-state index contributed by atoms with van der Waals surface area (Å²) in [7, 11) is 0. The predicted molar refractivity (Wildman–Crippen MR) is 38.6 cm³/mol. The Bertz CT molecular complexity index is 57.4. The number of aliphatic imine (C=N–C) groups is 1. The van der Waals surface area contributed by atoms with Crippen molar-refractivity contribution in [3.63, 3.8) is 0 Å². The van der Waals surface area contributed by atoms with E-state index in [4.69, 9.17) is 0 Å². The molecule has 1 heteroatoms. The summed E-state index contributed by atoms with van der Waals surface area (Å²) in [6, 6.07) is 0. The fourth-order valence-corrected chi connectivity index (χ4v) is 0.582. The highest BCUT2D eigenvalue weighted by Crippen LogP contribution is 1.92. The minimum absolute atomic E-state index is 1.02. The van der Waals surface area contributed by atoms with Gasteiger partial charge in [-0.05, 0) is 19.6 Å². The Labute approximate surface area is 51.8 Å². The van der Waals surface area contributed by atoms with Gasteiger partial charge >= 0.3 is 0 Å². The summed E-state index contributed by atoms with van der Waals surface area (Å²) in [6.45, 7) is 5.19. The average Bonchev–Trinajstić information content (AvgIpc) is 1.81. The average molecular weight is 113 g/mol. The molecule has 0 saturated carbocycles. The first-order valence-corrected chi connectivity index (χ1v) is 3.36. The van der Waals surface area contributed by atoms with Crippen LogP contribution in [-0.2, 0) is 0 Å². The zero-order valence-corrected chi connectivity index (χ0v) is 5.85. The van der Waals surface area contributed by atoms with E-state index in [1.807, 2.05) is 13.1 Å². The second-order valence-electron chi connectivity index (χ2n) is 1.87. The molecule has 0 bridgehead atoms. The zero-order chi connectivity index (χ0) is 6.24. The van der Waals surface area contributed by atoms with Gasteiger partial charge in [-0.1, -0.05) is 19.8 Å². The molecule has 8 heavy (non-hydrogen) atoms. The first-order valence-electron chi connectivity index (χ1n) is 3.36. The van der Waals surface area contributed by atoms with Crippen molar-refractivity contribution in [2.75, 3.05) is 6.54 Å². The molecule has 0 spiro atoms. The molecule has 0 saturated heterocycles. The summed E-state index contributed by atoms with van der Waals surface area (Å²) >= 11 is 0. The Morgan fingerprint density at radius 3 is 2.62 bits per heavy atom. The molecule has 0 aromatic heterocycles. The molecule has 0 fully saturated rings. The van der Waals surface area contributed by atoms with E-state index >= 15 is 0 Å². The lowest BCUT2D eigenvalue weighted by atomic mass is 10.2. The number of hydrogen-bond donors (Lipinski definition) is 0. The zero-order valence-electron chi connectivity index (χ0n) is 5.85. The molecule has 0 heterocycles. The van der Waals surface area contributed by atoms with Crippen molar-refractivity contribution in [1.82, 2.24) is 0 Å². The molecular formula is C7H15N. The maximum atomic E-state index is 4.08. The van der Waals surface area contributed by atoms with E-state index in [2.05, 4.69) is 11.9 Å². The second-order valence-corrected chi connectivity index (χ2v) is 1.87. The summed E-state index contributed by atoms with van der Waals surface area (Å²) in [6.07, 6.45) is 5.73. The first-order chi connectivity index (χ1) is 3.91. The molecule has 0 amide bonds. The van der Waals surface area contributed by atoms with Gasteiger partial charge in [0.1, 0.15) is 0 Å². The summed E-state index contributed by atoms with van der Waals surface area (Å²) in [5.74, 6) is 0. The fraction of sp³-hybridized carbons (Fsp3) is 0.857. The van der Waals surface area contributed by atoms with Crippen LogP contribution in [0.25, 0.3) is 0 Å². The van der Waals surface area contributed by atoms with Crippen LogP contribution in [0.2, 0.25) is 0 Å². The maximum absolute atomic E-state index is 4.08. The minimum atomic E-state index is 1.02. The smallest absolute Gasteiger partial charge is 0.0385 e. The molecule has 0 aromatic carbocycles. The molecule has 0 unspecified atom stereocenters. The molecule has 48 valence electrons. The monoisotopic (exact) mass is 113 g/mol. The van der Waals surface area contributed by atoms with Gasteiger partial charge in [0.25, 0.3) is 0 Å². The van der Waals surface area contributed by atoms with Crippen LogP contribution in [0, 0.1) is 0 Å². The summed E-state index contributed by atoms with van der Waals surface area (Å²) in [4.78, 5) is 4.08. The topological polar surface area (TPSA) is 12.4 Å². The Hall–Kier alpha value is -0.330. The quantitative estimate of drug-likeness (QED) is 0.391. The molecule has 1 nitrogen and oxygen atoms in total. The largest absolute Gasteiger partial charge is 0.298 e. The van der Waals surface area contributed by atoms with E-state index < -0.39 is 0 Å². The van der Waals surface area contributed by atoms with Crippen molar-refractivity contribution < 1.29 is 0 Å². The number of unbranched alkanes of at least 4 members (excludes halogenated alkanes) is 2. The van der Waals surface area contributed by atoms with Crippen molar-refractivity contribution in [2.45, 2.75) is 33.1 Å². The van der Waals surface area contributed by atoms with E-state index in [0.717, 1.165) is 6.54 Å². The van der Waals surface area contributed by atoms with E-state index in [-0.39, 0.29) is 0 Å². The van der Waals surface area contributed by atoms with Crippen LogP contribution < -0.4 is 0 Å². The minimum Gasteiger partial charge on any atom is -0.298 e. The van der Waals surface area contributed by atoms with Gasteiger partial charge in [-0.15, -0.1) is 0 Å². The van der Waals surface area contributed by atoms with E-state index in [0.29, 0.717) is 0 Å². The van der Waals surface area contributed by atoms with Crippen molar-refractivity contribution in [2.24, 2.45) is 4.99 Å². The Morgan fingerprint density at radius 2 is 2.12 bits per heavy atom. The highest BCUT2D eigenvalue weighted by Gasteiger charge is 1.79. The third-order valence-electron chi connectivity index (χ3n) is 1.07. The lowest BCUT2D eigenvalue weighted by molar-refractivity contribution is 0.729. The summed E-state index contributed by atoms with van der Waals surface area (Å²) in [5.41, 5.74) is 0. The van der Waals surface area contributed by atoms with Crippen LogP contribution in [0.3, 0.4) is 0 Å². The van der Waals surface area contributed by atoms with Crippen LogP contribution in [0.5, 0.6) is 0 Å². The Balaban J connectivity index is 2.72. The third kappa shape index (κ3) is 5.67. The molecular weight excluding hydrogens is 98.1 g/mol. The first kappa shape index (κ1) is 7.67. The van der Waals surface area contributed by atoms with E-state index in [1.54, 1.807) is 0 Å². The summed E-state index contributed by atoms with van der Waals surface area (Å²) < 4.78 is 0. The van der Waals surface area contributed by atoms with Gasteiger partial charge in [0.2, 0.25) is 0 Å². The lowest BCUT2D eigenvalue weighted by Crippen LogP contribution is -1.79. The molecule has 0 atom stereocenters. The maximum Gasteiger partial charge on any atom is 0.0385 e. The molecule has 0 aromatic rings. The van der Waals surface area contributed by atoms with Crippen LogP contribution >= 0.6 is 0 Å². The summed E-state index contributed by atoms with van der Waals surface area (Å²) in [5, 5.41) is 0. The molecule has 0 aliphatic rings. The lowest BCUT2D eigenvalue weighted by Gasteiger charge is -1.89. The standard InChI is InChI=1S/C7H15N/c1-3-5-6-7-8-4-2/h4H,3,5-7H2,1-2H3/b8-4+. The SMILES string of the molecule is C/C=N/CCCCC. The van der Waals surface area contributed by atoms with E-state index in [1.165, 1.54) is 19.3 Å². The van der Waals surface area contributed by atoms with Crippen LogP contribution in [0.15, 0.2) is 4.99 Å². The predicted octanol–water partition coefficient (Wildman–Crippen LogP) is 2.27. The highest BCUT2D eigenvalue weighted by atomic mass is 14.7. The number of hydrogen-bond acceptors (Lipinski definition) is 1. The van der Waals surface area contributed by atoms with Gasteiger partial charge in [0.05, 0.1) is 0 Å². The van der Waals surface area contributed by atoms with E-state index in [9.17, 15) is 0 Å². The van der Waals surface area contributed by atoms with Gasteiger partial charge in [0, 0.05) is 6.54 Å². The Kier molecular flexibility index (Phi) is 6.39. The van der Waals surface area contributed by atoms with Crippen molar-refractivity contribution in [3.05, 3.63) is 0 Å². The fourth-order valence-electron chi connectivity index (χ4n) is 0.582. The second kappa shape index (κ2) is 6.67. The van der Waals surface area contributed by atoms with Crippen molar-refractivity contribution in [1.29, 1.82) is 0 Å². The van der Waals surface area contributed by atoms with Crippen LogP contribution in [0.4, 0.5) is 0 Å². The normalized spacial score (nSPS) is 10.8. The molecule has 0 rings (SSSR count). The highest BCUT2D eigenvalue weighted by molar-refractivity contribution is 5.53. The molecule has 0 radical (unpaired) electrons. The van der Waals surface area contributed by atoms with Gasteiger partial charge < -0.3 is 0 Å². The van der Waals surface area contributed by atoms with Crippen molar-refractivity contribution >= 4 is 6.21 Å². The number of nitrogens with zero attached hydrogens (tertiary/aromatic N) is 1. The van der Waals surface area contributed by atoms with Gasteiger partial charge in [-0.2, -0.15) is 0 Å². The van der Waals surface area contributed by atoms with Gasteiger partial charge in [0.15, 0.2) is 0 Å². The van der Waals surface area contributed by atoms with Crippen LogP contribution in [0.1, 0.15) is 33.1 Å².